The van der Waals surface area contributed by atoms with E-state index in [-0.39, 0.29) is 6.54 Å². The zero-order valence-electron chi connectivity index (χ0n) is 15.3. The Labute approximate surface area is 157 Å². The molecule has 27 heavy (non-hydrogen) atoms. The van der Waals surface area contributed by atoms with E-state index >= 15 is 0 Å². The van der Waals surface area contributed by atoms with Crippen molar-refractivity contribution in [2.75, 3.05) is 36.5 Å². The van der Waals surface area contributed by atoms with E-state index in [1.54, 1.807) is 7.11 Å². The van der Waals surface area contributed by atoms with Crippen molar-refractivity contribution < 1.29 is 13.9 Å². The molecule has 1 saturated heterocycles. The fourth-order valence-corrected chi connectivity index (χ4v) is 4.11. The number of nitrogens with zero attached hydrogens (tertiary/aromatic N) is 5. The van der Waals surface area contributed by atoms with Crippen LogP contribution in [-0.4, -0.2) is 54.0 Å². The van der Waals surface area contributed by atoms with Gasteiger partial charge in [0, 0.05) is 44.7 Å². The first-order valence-electron chi connectivity index (χ1n) is 9.29. The maximum absolute atomic E-state index is 14.2. The molecule has 3 aliphatic heterocycles. The summed E-state index contributed by atoms with van der Waals surface area (Å²) in [5, 5.41) is 0. The minimum atomic E-state index is -1.01. The van der Waals surface area contributed by atoms with Crippen LogP contribution in [0.4, 0.5) is 16.2 Å². The molecule has 0 aliphatic carbocycles. The summed E-state index contributed by atoms with van der Waals surface area (Å²) >= 11 is 0. The van der Waals surface area contributed by atoms with Crippen LogP contribution in [0.3, 0.4) is 0 Å². The molecule has 0 bridgehead atoms. The summed E-state index contributed by atoms with van der Waals surface area (Å²) in [6.07, 6.45) is 3.25. The van der Waals surface area contributed by atoms with Crippen molar-refractivity contribution in [1.82, 2.24) is 15.0 Å². The lowest BCUT2D eigenvalue weighted by atomic mass is 10.0. The molecule has 0 aromatic carbocycles. The van der Waals surface area contributed by atoms with Gasteiger partial charge in [-0.05, 0) is 23.6 Å². The molecule has 3 aliphatic rings. The van der Waals surface area contributed by atoms with Gasteiger partial charge in [0.15, 0.2) is 0 Å². The van der Waals surface area contributed by atoms with Crippen LogP contribution in [-0.2, 0) is 35.7 Å². The summed E-state index contributed by atoms with van der Waals surface area (Å²) in [5.74, 6) is 1.46. The average Bonchev–Trinajstić information content (AvgIpc) is 3.33. The van der Waals surface area contributed by atoms with E-state index in [1.807, 2.05) is 17.3 Å². The summed E-state index contributed by atoms with van der Waals surface area (Å²) in [6.45, 7) is 3.31. The van der Waals surface area contributed by atoms with Gasteiger partial charge in [0.05, 0.1) is 25.5 Å². The van der Waals surface area contributed by atoms with Gasteiger partial charge in [-0.3, -0.25) is 4.98 Å². The van der Waals surface area contributed by atoms with Gasteiger partial charge in [-0.15, -0.1) is 0 Å². The molecule has 2 aromatic heterocycles. The van der Waals surface area contributed by atoms with Crippen molar-refractivity contribution in [3.63, 3.8) is 0 Å². The van der Waals surface area contributed by atoms with Crippen LogP contribution in [0, 0.1) is 0 Å². The van der Waals surface area contributed by atoms with Gasteiger partial charge < -0.3 is 19.3 Å². The lowest BCUT2D eigenvalue weighted by molar-refractivity contribution is 0.0650. The average molecular weight is 371 g/mol. The third kappa shape index (κ3) is 2.93. The van der Waals surface area contributed by atoms with E-state index in [0.717, 1.165) is 36.6 Å². The van der Waals surface area contributed by atoms with Gasteiger partial charge >= 0.3 is 0 Å². The van der Waals surface area contributed by atoms with Gasteiger partial charge in [-0.1, -0.05) is 0 Å². The lowest BCUT2D eigenvalue weighted by Crippen LogP contribution is -2.33. The quantitative estimate of drug-likeness (QED) is 0.813. The Balaban J connectivity index is 1.48. The number of hydrogen-bond donors (Lipinski definition) is 0. The van der Waals surface area contributed by atoms with Crippen molar-refractivity contribution in [3.05, 3.63) is 40.8 Å². The summed E-state index contributed by atoms with van der Waals surface area (Å²) < 4.78 is 25.1. The normalized spacial score (nSPS) is 24.2. The number of halogens is 1. The highest BCUT2D eigenvalue weighted by atomic mass is 19.1. The number of alkyl halides is 1. The molecule has 0 amide bonds. The van der Waals surface area contributed by atoms with Crippen molar-refractivity contribution in [2.24, 2.45) is 0 Å². The third-order valence-corrected chi connectivity index (χ3v) is 5.64. The topological polar surface area (TPSA) is 63.6 Å². The Hall–Kier alpha value is -2.32. The van der Waals surface area contributed by atoms with Gasteiger partial charge in [-0.25, -0.2) is 9.37 Å². The maximum atomic E-state index is 14.2. The van der Waals surface area contributed by atoms with Gasteiger partial charge in [0.1, 0.15) is 18.1 Å². The minimum absolute atomic E-state index is 0.286. The van der Waals surface area contributed by atoms with E-state index in [2.05, 4.69) is 16.0 Å². The van der Waals surface area contributed by atoms with Gasteiger partial charge in [-0.2, -0.15) is 4.98 Å². The summed E-state index contributed by atoms with van der Waals surface area (Å²) in [6, 6.07) is 2.08. The second-order valence-electron chi connectivity index (χ2n) is 7.28. The number of fused-ring (bicyclic) bond motifs is 2. The Morgan fingerprint density at radius 2 is 2.11 bits per heavy atom. The number of ether oxygens (including phenoxy) is 2. The van der Waals surface area contributed by atoms with E-state index in [9.17, 15) is 4.39 Å². The van der Waals surface area contributed by atoms with E-state index in [1.165, 1.54) is 11.1 Å². The molecule has 7 nitrogen and oxygen atoms in total. The predicted octanol–water partition coefficient (Wildman–Crippen LogP) is 1.64. The molecular formula is C19H22FN5O2. The van der Waals surface area contributed by atoms with Crippen LogP contribution in [0.1, 0.15) is 22.4 Å². The zero-order chi connectivity index (χ0) is 18.4. The molecule has 0 radical (unpaired) electrons. The molecule has 2 unspecified atom stereocenters. The van der Waals surface area contributed by atoms with E-state index < -0.39 is 12.3 Å². The second kappa shape index (κ2) is 6.69. The Kier molecular flexibility index (Phi) is 4.17. The SMILES string of the molecule is COC1CN(c2nc(N3CCc4ccncc4C3)nc3c2COC3)CC1F. The zero-order valence-corrected chi connectivity index (χ0v) is 15.3. The summed E-state index contributed by atoms with van der Waals surface area (Å²) in [5.41, 5.74) is 4.41. The third-order valence-electron chi connectivity index (χ3n) is 5.64. The largest absolute Gasteiger partial charge is 0.377 e. The fraction of sp³-hybridized carbons (Fsp3) is 0.526. The molecule has 142 valence electrons. The van der Waals surface area contributed by atoms with Crippen LogP contribution in [0.2, 0.25) is 0 Å². The van der Waals surface area contributed by atoms with Crippen molar-refractivity contribution >= 4 is 11.8 Å². The number of pyridine rings is 1. The Bertz CT molecular complexity index is 864. The lowest BCUT2D eigenvalue weighted by Gasteiger charge is -2.30. The fourth-order valence-electron chi connectivity index (χ4n) is 4.11. The molecular weight excluding hydrogens is 349 g/mol. The molecule has 2 aromatic rings. The molecule has 5 heterocycles. The van der Waals surface area contributed by atoms with Crippen LogP contribution < -0.4 is 9.80 Å². The van der Waals surface area contributed by atoms with Crippen molar-refractivity contribution in [2.45, 2.75) is 38.5 Å². The Morgan fingerprint density at radius 1 is 1.19 bits per heavy atom. The minimum Gasteiger partial charge on any atom is -0.377 e. The molecule has 1 fully saturated rings. The maximum Gasteiger partial charge on any atom is 0.227 e. The van der Waals surface area contributed by atoms with Crippen molar-refractivity contribution in [1.29, 1.82) is 0 Å². The number of hydrogen-bond acceptors (Lipinski definition) is 7. The van der Waals surface area contributed by atoms with Crippen LogP contribution in [0.25, 0.3) is 0 Å². The summed E-state index contributed by atoms with van der Waals surface area (Å²) in [4.78, 5) is 18.0. The number of aromatic nitrogens is 3. The highest BCUT2D eigenvalue weighted by Gasteiger charge is 2.36. The van der Waals surface area contributed by atoms with Gasteiger partial charge in [0.2, 0.25) is 5.95 Å². The number of rotatable bonds is 3. The first kappa shape index (κ1) is 16.8. The van der Waals surface area contributed by atoms with Crippen LogP contribution in [0.5, 0.6) is 0 Å². The van der Waals surface area contributed by atoms with Crippen LogP contribution in [0.15, 0.2) is 18.5 Å². The second-order valence-corrected chi connectivity index (χ2v) is 7.28. The standard InChI is InChI=1S/C19H22FN5O2/c1-26-17-9-25(8-15(17)20)18-14-10-27-11-16(14)22-19(23-18)24-5-3-12-2-4-21-6-13(12)7-24/h2,4,6,15,17H,3,5,7-11H2,1H3. The number of anilines is 2. The van der Waals surface area contributed by atoms with Crippen LogP contribution >= 0.6 is 0 Å². The molecule has 0 saturated carbocycles. The molecule has 5 rings (SSSR count). The monoisotopic (exact) mass is 371 g/mol. The van der Waals surface area contributed by atoms with Gasteiger partial charge in [0.25, 0.3) is 0 Å². The molecule has 0 spiro atoms. The highest BCUT2D eigenvalue weighted by Crippen LogP contribution is 2.33. The summed E-state index contributed by atoms with van der Waals surface area (Å²) in [7, 11) is 1.55. The number of methoxy groups -OCH3 is 1. The molecule has 0 N–H and O–H groups in total. The van der Waals surface area contributed by atoms with E-state index in [0.29, 0.717) is 25.7 Å². The highest BCUT2D eigenvalue weighted by molar-refractivity contribution is 5.55. The smallest absolute Gasteiger partial charge is 0.227 e. The van der Waals surface area contributed by atoms with Crippen molar-refractivity contribution in [3.8, 4) is 0 Å². The first-order chi connectivity index (χ1) is 13.2. The first-order valence-corrected chi connectivity index (χ1v) is 9.29. The predicted molar refractivity (Wildman–Crippen MR) is 97.4 cm³/mol. The molecule has 2 atom stereocenters. The van der Waals surface area contributed by atoms with E-state index in [4.69, 9.17) is 19.4 Å². The molecule has 8 heteroatoms. The Morgan fingerprint density at radius 3 is 2.96 bits per heavy atom.